The van der Waals surface area contributed by atoms with Gasteiger partial charge >= 0.3 is 35.8 Å². The molecule has 20 unspecified atom stereocenters. The number of rotatable bonds is 47. The molecule has 1 aromatic carbocycles. The standard InChI is InChI=1S/C57H100N2O15Si.C47H85NO17Si/c1-19-46(62)73-57(11)34-49(68-39(5)38(57)4)71-51-40(6)69-55(54(70-41(7)60)50(51)58(12)13)72-52-43(32-48(64-14)65-15)31-36(2)45(74-75(17,18)56(8,9)10)35-59(29-24-23-27-42-25-21-20-22-26-42)30-28-37(3)67-47(63)33-44(61)53(52)66-16;1-19-36(53)64-47(11)25-39(59-30(5)29(47)4)62-41-31(6)60-45(44(61-32(7)51)40(41)48(12)13)63-42(43(57-16)34(52)24-37(54)58-28(3)20-21-49)33(23-38(55-14)56-15)22-27(2)35(26-50)65-66(17,18)46(8,9)10/h20-22,25-26,36-40,43-45,48-55,61H,19,23-24,27-35H2,1-18H3;21,26-31,33-35,38-45,52H,19-20,22-25H2,1-18H3/t36-,37-,38?,39?,40?,43-,44-,45+,49?,50?,51?,52+,53?,54?,55?,57?;27-,28-,29?,30?,31?,33-,34-,35+,39?,40?,41?,42+,43?,44?,45?,47?/m11/s1. The van der Waals surface area contributed by atoms with Gasteiger partial charge in [0.15, 0.2) is 66.6 Å². The minimum Gasteiger partial charge on any atom is -0.463 e. The molecular weight excluding hydrogens is 1860 g/mol. The summed E-state index contributed by atoms with van der Waals surface area (Å²) in [6.45, 7) is 52.7. The molecule has 1 aromatic rings. The maximum absolute atomic E-state index is 13.8. The molecule has 5 aliphatic rings. The van der Waals surface area contributed by atoms with E-state index in [0.29, 0.717) is 32.2 Å². The largest absolute Gasteiger partial charge is 0.463 e. The van der Waals surface area contributed by atoms with Crippen LogP contribution in [0.4, 0.5) is 0 Å². The van der Waals surface area contributed by atoms with Crippen molar-refractivity contribution in [3.05, 3.63) is 35.9 Å². The first-order valence-corrected chi connectivity index (χ1v) is 56.9. The van der Waals surface area contributed by atoms with Crippen molar-refractivity contribution in [3.63, 3.8) is 0 Å². The monoisotopic (exact) mass is 2040 g/mol. The van der Waals surface area contributed by atoms with Crippen molar-refractivity contribution >= 4 is 65.0 Å². The molecule has 5 fully saturated rings. The van der Waals surface area contributed by atoms with Gasteiger partial charge in [-0.25, -0.2) is 0 Å². The van der Waals surface area contributed by atoms with E-state index in [9.17, 15) is 48.6 Å². The van der Waals surface area contributed by atoms with Gasteiger partial charge in [0.1, 0.15) is 66.5 Å². The smallest absolute Gasteiger partial charge is 0.308 e. The number of nitrogens with zero attached hydrogens (tertiary/aromatic N) is 3. The Balaban J connectivity index is 0.000000501. The van der Waals surface area contributed by atoms with Crippen molar-refractivity contribution in [2.24, 2.45) is 35.5 Å². The molecule has 37 heteroatoms. The Hall–Kier alpha value is -5.03. The first-order chi connectivity index (χ1) is 65.8. The Morgan fingerprint density at radius 2 is 1.13 bits per heavy atom. The number of carbonyl (C=O) groups is 8. The van der Waals surface area contributed by atoms with Crippen LogP contribution in [0.2, 0.25) is 36.3 Å². The van der Waals surface area contributed by atoms with E-state index in [0.717, 1.165) is 32.1 Å². The van der Waals surface area contributed by atoms with Crippen molar-refractivity contribution in [2.75, 3.05) is 90.5 Å². The molecule has 35 nitrogen and oxygen atoms in total. The third-order valence-electron chi connectivity index (χ3n) is 30.2. The number of ether oxygens (including phenoxy) is 20. The molecule has 0 radical (unpaired) electrons. The number of esters is 6. The van der Waals surface area contributed by atoms with Crippen LogP contribution >= 0.6 is 0 Å². The molecule has 0 spiro atoms. The van der Waals surface area contributed by atoms with Gasteiger partial charge < -0.3 is 138 Å². The second kappa shape index (κ2) is 58.2. The fraction of sp³-hybridized carbons (Fsp3) is 0.865. The number of benzene rings is 1. The molecule has 2 N–H and O–H groups in total. The van der Waals surface area contributed by atoms with Gasteiger partial charge in [-0.15, -0.1) is 0 Å². The summed E-state index contributed by atoms with van der Waals surface area (Å²) in [4.78, 5) is 109. The first-order valence-electron chi connectivity index (χ1n) is 51.1. The van der Waals surface area contributed by atoms with Crippen LogP contribution < -0.4 is 0 Å². The average Bonchev–Trinajstić information content (AvgIpc) is 0.780. The predicted octanol–water partition coefficient (Wildman–Crippen LogP) is 13.7. The quantitative estimate of drug-likeness (QED) is 0.0153. The van der Waals surface area contributed by atoms with Crippen LogP contribution in [0.15, 0.2) is 30.3 Å². The van der Waals surface area contributed by atoms with E-state index in [1.54, 1.807) is 56.0 Å². The maximum Gasteiger partial charge on any atom is 0.308 e. The summed E-state index contributed by atoms with van der Waals surface area (Å²) in [7, 11) is 11.5. The average molecular weight is 2050 g/mol. The second-order valence-electron chi connectivity index (χ2n) is 43.8. The highest BCUT2D eigenvalue weighted by Gasteiger charge is 2.58. The Morgan fingerprint density at radius 1 is 0.624 bits per heavy atom. The van der Waals surface area contributed by atoms with E-state index in [2.05, 4.69) is 104 Å². The van der Waals surface area contributed by atoms with E-state index in [-0.39, 0.29) is 116 Å². The van der Waals surface area contributed by atoms with Crippen molar-refractivity contribution in [2.45, 2.75) is 456 Å². The SMILES string of the molecule is CCC(=O)OC1(C)CC(OC2C(C)OC(O[C@@H]3C(OC)[C@H](O)CC(=O)O[C@H](C)CCN(CCCCc4ccccc4)C[C@H](O[Si](C)(C)C(C)(C)C)[C@H](C)C[C@@H]3CC(OC)OC)C(OC(C)=O)C2N(C)C)OC(C)C1C.CCC(=O)OC1(C)CC(OC2C(C)OC(O[C@H](C(OC)[C@H](O)CC(=O)O[C@H](C)CC=O)[C@@H](CC(OC)OC)C[C@@H](C)[C@H](C=O)O[Si](C)(C)C(C)(C)C)C(OC(C)=O)C2N(C)C)OC(C)C1C. The fourth-order valence-electron chi connectivity index (χ4n) is 19.2. The summed E-state index contributed by atoms with van der Waals surface area (Å²) >= 11 is 0. The summed E-state index contributed by atoms with van der Waals surface area (Å²) < 4.78 is 140. The Labute approximate surface area is 845 Å². The van der Waals surface area contributed by atoms with Gasteiger partial charge in [-0.3, -0.25) is 28.8 Å². The Kier molecular flexibility index (Phi) is 52.2. The molecule has 0 aromatic heterocycles. The van der Waals surface area contributed by atoms with Gasteiger partial charge in [0, 0.05) is 126 Å². The van der Waals surface area contributed by atoms with Crippen LogP contribution in [0.1, 0.15) is 248 Å². The van der Waals surface area contributed by atoms with Gasteiger partial charge in [-0.2, -0.15) is 0 Å². The van der Waals surface area contributed by atoms with Crippen molar-refractivity contribution in [1.29, 1.82) is 0 Å². The molecule has 6 rings (SSSR count). The van der Waals surface area contributed by atoms with Crippen molar-refractivity contribution < 1.29 is 152 Å². The topological polar surface area (TPSA) is 390 Å². The van der Waals surface area contributed by atoms with Crippen LogP contribution in [0.25, 0.3) is 0 Å². The second-order valence-corrected chi connectivity index (χ2v) is 53.3. The number of hydrogen-bond acceptors (Lipinski definition) is 35. The number of unbranched alkanes of at least 4 members (excludes halogenated alkanes) is 1. The number of aliphatic hydroxyl groups is 2. The van der Waals surface area contributed by atoms with Crippen LogP contribution in [-0.4, -0.2) is 351 Å². The number of aliphatic hydroxyl groups excluding tert-OH is 2. The lowest BCUT2D eigenvalue weighted by molar-refractivity contribution is -0.342. The van der Waals surface area contributed by atoms with E-state index in [4.69, 9.17) is 104 Å². The van der Waals surface area contributed by atoms with Crippen molar-refractivity contribution in [1.82, 2.24) is 14.7 Å². The molecule has 0 bridgehead atoms. The zero-order valence-electron chi connectivity index (χ0n) is 92.2. The molecule has 5 aliphatic heterocycles. The minimum absolute atomic E-state index is 0.0331. The predicted molar refractivity (Wildman–Crippen MR) is 535 cm³/mol. The summed E-state index contributed by atoms with van der Waals surface area (Å²) in [5, 5.41) is 23.9. The third kappa shape index (κ3) is 37.6. The highest BCUT2D eigenvalue weighted by molar-refractivity contribution is 6.74. The molecule has 816 valence electrons. The number of cyclic esters (lactones) is 1. The highest BCUT2D eigenvalue weighted by Crippen LogP contribution is 2.47. The zero-order valence-corrected chi connectivity index (χ0v) is 94.2. The van der Waals surface area contributed by atoms with E-state index in [1.807, 2.05) is 92.3 Å². The fourth-order valence-corrected chi connectivity index (χ4v) is 22.0. The van der Waals surface area contributed by atoms with Gasteiger partial charge in [-0.1, -0.05) is 113 Å². The van der Waals surface area contributed by atoms with Crippen LogP contribution in [-0.2, 0) is 148 Å². The molecule has 0 amide bonds. The lowest BCUT2D eigenvalue weighted by Crippen LogP contribution is -2.66. The molecule has 5 saturated heterocycles. The van der Waals surface area contributed by atoms with Gasteiger partial charge in [0.25, 0.3) is 0 Å². The van der Waals surface area contributed by atoms with Gasteiger partial charge in [0.2, 0.25) is 0 Å². The zero-order chi connectivity index (χ0) is 106. The minimum atomic E-state index is -2.46. The van der Waals surface area contributed by atoms with E-state index >= 15 is 0 Å². The van der Waals surface area contributed by atoms with E-state index in [1.165, 1.54) is 47.9 Å². The highest BCUT2D eigenvalue weighted by atomic mass is 28.4. The number of methoxy groups -OCH3 is 6. The third-order valence-corrected chi connectivity index (χ3v) is 39.2. The first kappa shape index (κ1) is 126. The Morgan fingerprint density at radius 3 is 1.58 bits per heavy atom. The Bertz CT molecular complexity index is 3880. The van der Waals surface area contributed by atoms with E-state index < -0.39 is 217 Å². The molecule has 0 saturated carbocycles. The number of aldehydes is 2. The molecule has 141 heavy (non-hydrogen) atoms. The van der Waals surface area contributed by atoms with Crippen LogP contribution in [0.5, 0.6) is 0 Å². The summed E-state index contributed by atoms with van der Waals surface area (Å²) in [5.74, 6) is -5.21. The lowest BCUT2D eigenvalue weighted by Gasteiger charge is -2.51. The van der Waals surface area contributed by atoms with Gasteiger partial charge in [0.05, 0.1) is 79.9 Å². The van der Waals surface area contributed by atoms with Crippen LogP contribution in [0, 0.1) is 35.5 Å². The molecule has 0 aliphatic carbocycles. The van der Waals surface area contributed by atoms with Gasteiger partial charge in [-0.05, 0) is 194 Å². The number of hydrogen-bond donors (Lipinski definition) is 2. The summed E-state index contributed by atoms with van der Waals surface area (Å²) in [5.41, 5.74) is -0.472. The number of aryl methyl sites for hydroxylation is 1. The molecule has 5 heterocycles. The summed E-state index contributed by atoms with van der Waals surface area (Å²) in [6.07, 6.45) is -15.3. The number of carbonyl (C=O) groups excluding carboxylic acids is 8. The lowest BCUT2D eigenvalue weighted by atomic mass is 9.81. The maximum atomic E-state index is 13.8. The van der Waals surface area contributed by atoms with Crippen LogP contribution in [0.3, 0.4) is 0 Å². The molecular formula is C104H185N3O32Si2. The van der Waals surface area contributed by atoms with Crippen molar-refractivity contribution in [3.8, 4) is 0 Å². The number of likely N-dealkylation sites (N-methyl/N-ethyl adjacent to an activating group) is 2. The normalized spacial score (nSPS) is 32.1. The summed E-state index contributed by atoms with van der Waals surface area (Å²) in [6, 6.07) is 9.14. The molecule has 32 atom stereocenters.